The van der Waals surface area contributed by atoms with Crippen LogP contribution < -0.4 is 10.5 Å². The lowest BCUT2D eigenvalue weighted by atomic mass is 10.2. The molecule has 0 saturated carbocycles. The molecule has 1 aromatic rings. The van der Waals surface area contributed by atoms with Gasteiger partial charge in [0.25, 0.3) is 0 Å². The molecule has 1 aromatic carbocycles. The maximum atomic E-state index is 12.8. The fourth-order valence-corrected chi connectivity index (χ4v) is 1.34. The molecule has 0 radical (unpaired) electrons. The van der Waals surface area contributed by atoms with Crippen LogP contribution in [0.5, 0.6) is 5.75 Å². The van der Waals surface area contributed by atoms with Crippen molar-refractivity contribution in [3.8, 4) is 5.75 Å². The molecule has 0 bridgehead atoms. The monoisotopic (exact) mass is 215 g/mol. The van der Waals surface area contributed by atoms with E-state index in [1.807, 2.05) is 6.92 Å². The van der Waals surface area contributed by atoms with Crippen molar-refractivity contribution in [1.29, 1.82) is 0 Å². The molecule has 0 fully saturated rings. The van der Waals surface area contributed by atoms with Gasteiger partial charge in [-0.15, -0.1) is 0 Å². The van der Waals surface area contributed by atoms with Crippen molar-refractivity contribution in [2.24, 2.45) is 5.73 Å². The summed E-state index contributed by atoms with van der Waals surface area (Å²) in [6, 6.07) is 3.12. The molecule has 0 aliphatic heterocycles. The smallest absolute Gasteiger partial charge is 0.129 e. The van der Waals surface area contributed by atoms with Gasteiger partial charge in [0, 0.05) is 24.7 Å². The standard InChI is InChI=1S/C11H15F2NO/c1-2-3-10(7-14)15-11-5-8(12)4-9(13)6-11/h4-6,10H,2-3,7,14H2,1H3. The lowest BCUT2D eigenvalue weighted by Crippen LogP contribution is -2.26. The van der Waals surface area contributed by atoms with Crippen LogP contribution >= 0.6 is 0 Å². The third-order valence-electron chi connectivity index (χ3n) is 2.01. The first-order valence-corrected chi connectivity index (χ1v) is 4.98. The highest BCUT2D eigenvalue weighted by Crippen LogP contribution is 2.17. The Hall–Kier alpha value is -1.16. The fourth-order valence-electron chi connectivity index (χ4n) is 1.34. The Morgan fingerprint density at radius 2 is 1.87 bits per heavy atom. The SMILES string of the molecule is CCCC(CN)Oc1cc(F)cc(F)c1. The molecule has 2 nitrogen and oxygen atoms in total. The number of benzene rings is 1. The minimum atomic E-state index is -0.641. The summed E-state index contributed by atoms with van der Waals surface area (Å²) in [4.78, 5) is 0. The van der Waals surface area contributed by atoms with Gasteiger partial charge in [-0.05, 0) is 6.42 Å². The first-order chi connectivity index (χ1) is 7.15. The van der Waals surface area contributed by atoms with Gasteiger partial charge in [-0.25, -0.2) is 8.78 Å². The molecule has 1 rings (SSSR count). The number of ether oxygens (including phenoxy) is 1. The molecule has 0 spiro atoms. The van der Waals surface area contributed by atoms with Gasteiger partial charge in [0.1, 0.15) is 23.5 Å². The molecule has 15 heavy (non-hydrogen) atoms. The van der Waals surface area contributed by atoms with E-state index in [-0.39, 0.29) is 11.9 Å². The summed E-state index contributed by atoms with van der Waals surface area (Å²) >= 11 is 0. The van der Waals surface area contributed by atoms with Crippen LogP contribution in [0.2, 0.25) is 0 Å². The molecule has 0 aromatic heterocycles. The fraction of sp³-hybridized carbons (Fsp3) is 0.455. The molecule has 2 N–H and O–H groups in total. The van der Waals surface area contributed by atoms with E-state index in [1.165, 1.54) is 0 Å². The zero-order valence-electron chi connectivity index (χ0n) is 8.67. The predicted molar refractivity (Wildman–Crippen MR) is 54.7 cm³/mol. The van der Waals surface area contributed by atoms with Crippen LogP contribution in [0.15, 0.2) is 18.2 Å². The normalized spacial score (nSPS) is 12.5. The molecule has 1 unspecified atom stereocenters. The highest BCUT2D eigenvalue weighted by molar-refractivity contribution is 5.24. The minimum Gasteiger partial charge on any atom is -0.489 e. The van der Waals surface area contributed by atoms with E-state index in [9.17, 15) is 8.78 Å². The molecule has 1 atom stereocenters. The molecule has 0 amide bonds. The summed E-state index contributed by atoms with van der Waals surface area (Å²) in [5.74, 6) is -1.09. The second-order valence-electron chi connectivity index (χ2n) is 3.37. The summed E-state index contributed by atoms with van der Waals surface area (Å²) in [7, 11) is 0. The van der Waals surface area contributed by atoms with Gasteiger partial charge in [-0.3, -0.25) is 0 Å². The van der Waals surface area contributed by atoms with E-state index in [2.05, 4.69) is 0 Å². The predicted octanol–water partition coefficient (Wildman–Crippen LogP) is 2.47. The van der Waals surface area contributed by atoms with Crippen LogP contribution in [0.1, 0.15) is 19.8 Å². The summed E-state index contributed by atoms with van der Waals surface area (Å²) < 4.78 is 31.0. The molecular formula is C11H15F2NO. The van der Waals surface area contributed by atoms with E-state index in [1.54, 1.807) is 0 Å². The Kier molecular flexibility index (Phi) is 4.49. The summed E-state index contributed by atoms with van der Waals surface area (Å²) in [5, 5.41) is 0. The van der Waals surface area contributed by atoms with E-state index in [0.29, 0.717) is 6.54 Å². The number of rotatable bonds is 5. The van der Waals surface area contributed by atoms with Crippen molar-refractivity contribution >= 4 is 0 Å². The zero-order valence-corrected chi connectivity index (χ0v) is 8.67. The lowest BCUT2D eigenvalue weighted by Gasteiger charge is -2.16. The van der Waals surface area contributed by atoms with Crippen LogP contribution in [0.25, 0.3) is 0 Å². The highest BCUT2D eigenvalue weighted by Gasteiger charge is 2.08. The van der Waals surface area contributed by atoms with Gasteiger partial charge in [0.2, 0.25) is 0 Å². The van der Waals surface area contributed by atoms with Gasteiger partial charge < -0.3 is 10.5 Å². The highest BCUT2D eigenvalue weighted by atomic mass is 19.1. The zero-order chi connectivity index (χ0) is 11.3. The molecule has 0 heterocycles. The first kappa shape index (κ1) is 11.9. The lowest BCUT2D eigenvalue weighted by molar-refractivity contribution is 0.196. The van der Waals surface area contributed by atoms with E-state index in [4.69, 9.17) is 10.5 Å². The van der Waals surface area contributed by atoms with Crippen LogP contribution in [0, 0.1) is 11.6 Å². The summed E-state index contributed by atoms with van der Waals surface area (Å²) in [6.45, 7) is 2.34. The Morgan fingerprint density at radius 3 is 2.33 bits per heavy atom. The molecule has 0 saturated heterocycles. The van der Waals surface area contributed by atoms with Crippen LogP contribution in [0.3, 0.4) is 0 Å². The third kappa shape index (κ3) is 3.83. The molecule has 0 aliphatic rings. The van der Waals surface area contributed by atoms with Crippen molar-refractivity contribution in [1.82, 2.24) is 0 Å². The number of halogens is 2. The van der Waals surface area contributed by atoms with Crippen LogP contribution in [-0.2, 0) is 0 Å². The summed E-state index contributed by atoms with van der Waals surface area (Å²) in [5.41, 5.74) is 5.47. The average molecular weight is 215 g/mol. The Bertz CT molecular complexity index is 297. The van der Waals surface area contributed by atoms with Gasteiger partial charge >= 0.3 is 0 Å². The van der Waals surface area contributed by atoms with Gasteiger partial charge in [0.05, 0.1) is 0 Å². The second kappa shape index (κ2) is 5.66. The molecular weight excluding hydrogens is 200 g/mol. The van der Waals surface area contributed by atoms with Gasteiger partial charge in [-0.1, -0.05) is 13.3 Å². The summed E-state index contributed by atoms with van der Waals surface area (Å²) in [6.07, 6.45) is 1.50. The van der Waals surface area contributed by atoms with Crippen LogP contribution in [0.4, 0.5) is 8.78 Å². The van der Waals surface area contributed by atoms with Gasteiger partial charge in [-0.2, -0.15) is 0 Å². The Morgan fingerprint density at radius 1 is 1.27 bits per heavy atom. The number of hydrogen-bond donors (Lipinski definition) is 1. The van der Waals surface area contributed by atoms with Crippen molar-refractivity contribution < 1.29 is 13.5 Å². The number of nitrogens with two attached hydrogens (primary N) is 1. The van der Waals surface area contributed by atoms with E-state index < -0.39 is 11.6 Å². The maximum absolute atomic E-state index is 12.8. The van der Waals surface area contributed by atoms with Crippen molar-refractivity contribution in [2.75, 3.05) is 6.54 Å². The van der Waals surface area contributed by atoms with E-state index in [0.717, 1.165) is 31.0 Å². The molecule has 84 valence electrons. The first-order valence-electron chi connectivity index (χ1n) is 4.98. The largest absolute Gasteiger partial charge is 0.489 e. The Labute approximate surface area is 88.0 Å². The Balaban J connectivity index is 2.69. The van der Waals surface area contributed by atoms with Crippen molar-refractivity contribution in [3.05, 3.63) is 29.8 Å². The average Bonchev–Trinajstić information content (AvgIpc) is 2.15. The van der Waals surface area contributed by atoms with Gasteiger partial charge in [0.15, 0.2) is 0 Å². The topological polar surface area (TPSA) is 35.2 Å². The van der Waals surface area contributed by atoms with Crippen molar-refractivity contribution in [3.63, 3.8) is 0 Å². The van der Waals surface area contributed by atoms with E-state index >= 15 is 0 Å². The van der Waals surface area contributed by atoms with Crippen molar-refractivity contribution in [2.45, 2.75) is 25.9 Å². The minimum absolute atomic E-state index is 0.184. The second-order valence-corrected chi connectivity index (χ2v) is 3.37. The molecule has 4 heteroatoms. The maximum Gasteiger partial charge on any atom is 0.129 e. The quantitative estimate of drug-likeness (QED) is 0.818. The van der Waals surface area contributed by atoms with Crippen LogP contribution in [-0.4, -0.2) is 12.6 Å². The molecule has 0 aliphatic carbocycles. The number of hydrogen-bond acceptors (Lipinski definition) is 2. The third-order valence-corrected chi connectivity index (χ3v) is 2.01.